The summed E-state index contributed by atoms with van der Waals surface area (Å²) in [5.41, 5.74) is 2.15. The van der Waals surface area contributed by atoms with Crippen LogP contribution in [0.2, 0.25) is 0 Å². The van der Waals surface area contributed by atoms with Crippen molar-refractivity contribution in [3.8, 4) is 0 Å². The lowest BCUT2D eigenvalue weighted by molar-refractivity contribution is -0.116. The van der Waals surface area contributed by atoms with Crippen LogP contribution in [0.5, 0.6) is 0 Å². The van der Waals surface area contributed by atoms with Gasteiger partial charge in [-0.05, 0) is 85.5 Å². The van der Waals surface area contributed by atoms with E-state index >= 15 is 0 Å². The van der Waals surface area contributed by atoms with Gasteiger partial charge in [0.2, 0.25) is 0 Å². The van der Waals surface area contributed by atoms with Crippen LogP contribution in [-0.2, 0) is 4.79 Å². The van der Waals surface area contributed by atoms with Gasteiger partial charge in [0, 0.05) is 6.42 Å². The Morgan fingerprint density at radius 2 is 2.05 bits per heavy atom. The minimum Gasteiger partial charge on any atom is -0.295 e. The summed E-state index contributed by atoms with van der Waals surface area (Å²) in [5.74, 6) is 5.64. The van der Waals surface area contributed by atoms with Crippen LogP contribution in [0.15, 0.2) is 11.6 Å². The third-order valence-electron chi connectivity index (χ3n) is 7.63. The minimum atomic E-state index is 0.391. The van der Waals surface area contributed by atoms with Crippen molar-refractivity contribution in [3.63, 3.8) is 0 Å². The highest BCUT2D eigenvalue weighted by Crippen LogP contribution is 2.64. The maximum atomic E-state index is 11.8. The first-order valence-corrected chi connectivity index (χ1v) is 9.21. The molecule has 4 rings (SSSR count). The van der Waals surface area contributed by atoms with Crippen molar-refractivity contribution in [2.75, 3.05) is 0 Å². The van der Waals surface area contributed by atoms with E-state index in [1.54, 1.807) is 0 Å². The zero-order chi connectivity index (χ0) is 14.8. The van der Waals surface area contributed by atoms with Gasteiger partial charge in [0.15, 0.2) is 5.78 Å². The molecule has 0 radical (unpaired) electrons. The summed E-state index contributed by atoms with van der Waals surface area (Å²) in [7, 11) is 0. The van der Waals surface area contributed by atoms with Crippen molar-refractivity contribution in [1.82, 2.24) is 0 Å². The fourth-order valence-corrected chi connectivity index (χ4v) is 7.01. The normalized spacial score (nSPS) is 52.7. The Bertz CT molecular complexity index is 490. The van der Waals surface area contributed by atoms with E-state index in [4.69, 9.17) is 0 Å². The minimum absolute atomic E-state index is 0.391. The van der Waals surface area contributed by atoms with E-state index in [0.717, 1.165) is 48.3 Å². The van der Waals surface area contributed by atoms with E-state index in [1.807, 2.05) is 6.08 Å². The second kappa shape index (κ2) is 4.70. The van der Waals surface area contributed by atoms with Crippen molar-refractivity contribution in [3.05, 3.63) is 11.6 Å². The van der Waals surface area contributed by atoms with Crippen molar-refractivity contribution in [1.29, 1.82) is 0 Å². The quantitative estimate of drug-likeness (QED) is 0.611. The molecule has 3 saturated carbocycles. The van der Waals surface area contributed by atoms with E-state index in [2.05, 4.69) is 20.8 Å². The van der Waals surface area contributed by atoms with Crippen LogP contribution in [0.25, 0.3) is 0 Å². The second-order valence-electron chi connectivity index (χ2n) is 9.10. The largest absolute Gasteiger partial charge is 0.295 e. The third kappa shape index (κ3) is 2.06. The van der Waals surface area contributed by atoms with Gasteiger partial charge < -0.3 is 0 Å². The molecule has 0 saturated heterocycles. The van der Waals surface area contributed by atoms with Gasteiger partial charge in [-0.1, -0.05) is 26.3 Å². The standard InChI is InChI=1S/C20H30O/c1-12-8-18-19-13(2)9-14-10-15(21)4-5-16(14)17(19)6-7-20(18,3)11-12/h10,12-13,16-19H,4-9,11H2,1-3H3/t12?,13?,16-,17+,18-,19+,20+/m0/s1. The molecule has 4 aliphatic carbocycles. The number of rotatable bonds is 0. The SMILES string of the molecule is CC1C[C@H]2[C@@H]3C(C)CC4=CC(=O)CC[C@@H]4[C@H]3CC[C@]2(C)C1. The summed E-state index contributed by atoms with van der Waals surface area (Å²) >= 11 is 0. The Hall–Kier alpha value is -0.590. The molecule has 0 aromatic carbocycles. The van der Waals surface area contributed by atoms with E-state index in [9.17, 15) is 4.79 Å². The zero-order valence-corrected chi connectivity index (χ0v) is 13.9. The molecule has 0 amide bonds. The van der Waals surface area contributed by atoms with Gasteiger partial charge in [-0.25, -0.2) is 0 Å². The predicted molar refractivity (Wildman–Crippen MR) is 85.8 cm³/mol. The maximum Gasteiger partial charge on any atom is 0.155 e. The second-order valence-corrected chi connectivity index (χ2v) is 9.10. The summed E-state index contributed by atoms with van der Waals surface area (Å²) in [6.45, 7) is 7.53. The van der Waals surface area contributed by atoms with Gasteiger partial charge in [0.05, 0.1) is 0 Å². The average Bonchev–Trinajstić information content (AvgIpc) is 2.72. The maximum absolute atomic E-state index is 11.8. The van der Waals surface area contributed by atoms with Crippen LogP contribution < -0.4 is 0 Å². The molecule has 116 valence electrons. The first kappa shape index (κ1) is 14.0. The van der Waals surface area contributed by atoms with Crippen LogP contribution in [-0.4, -0.2) is 5.78 Å². The summed E-state index contributed by atoms with van der Waals surface area (Å²) in [6.07, 6.45) is 11.0. The Kier molecular flexibility index (Phi) is 3.14. The molecule has 0 heterocycles. The highest BCUT2D eigenvalue weighted by Gasteiger charge is 2.55. The van der Waals surface area contributed by atoms with Crippen LogP contribution in [0.3, 0.4) is 0 Å². The van der Waals surface area contributed by atoms with Crippen LogP contribution in [0.1, 0.15) is 65.7 Å². The van der Waals surface area contributed by atoms with Gasteiger partial charge in [-0.3, -0.25) is 4.79 Å². The molecule has 1 heteroatoms. The fourth-order valence-electron chi connectivity index (χ4n) is 7.01. The smallest absolute Gasteiger partial charge is 0.155 e. The van der Waals surface area contributed by atoms with Gasteiger partial charge in [0.25, 0.3) is 0 Å². The number of carbonyl (C=O) groups excluding carboxylic acids is 1. The van der Waals surface area contributed by atoms with Crippen molar-refractivity contribution < 1.29 is 4.79 Å². The van der Waals surface area contributed by atoms with E-state index in [0.29, 0.717) is 11.2 Å². The van der Waals surface area contributed by atoms with Crippen LogP contribution >= 0.6 is 0 Å². The van der Waals surface area contributed by atoms with E-state index in [1.165, 1.54) is 37.7 Å². The topological polar surface area (TPSA) is 17.1 Å². The molecule has 0 aromatic heterocycles. The van der Waals surface area contributed by atoms with Gasteiger partial charge in [-0.2, -0.15) is 0 Å². The lowest BCUT2D eigenvalue weighted by Crippen LogP contribution is -2.47. The van der Waals surface area contributed by atoms with Gasteiger partial charge in [0.1, 0.15) is 0 Å². The third-order valence-corrected chi connectivity index (χ3v) is 7.63. The van der Waals surface area contributed by atoms with Crippen LogP contribution in [0, 0.1) is 40.9 Å². The Balaban J connectivity index is 1.67. The molecule has 1 nitrogen and oxygen atoms in total. The molecule has 0 aliphatic heterocycles. The summed E-state index contributed by atoms with van der Waals surface area (Å²) in [4.78, 5) is 11.8. The average molecular weight is 286 g/mol. The van der Waals surface area contributed by atoms with Crippen LogP contribution in [0.4, 0.5) is 0 Å². The number of carbonyl (C=O) groups is 1. The highest BCUT2D eigenvalue weighted by atomic mass is 16.1. The molecule has 0 N–H and O–H groups in total. The summed E-state index contributed by atoms with van der Waals surface area (Å²) in [5, 5.41) is 0. The molecule has 21 heavy (non-hydrogen) atoms. The number of fused-ring (bicyclic) bond motifs is 5. The number of hydrogen-bond acceptors (Lipinski definition) is 1. The van der Waals surface area contributed by atoms with E-state index < -0.39 is 0 Å². The van der Waals surface area contributed by atoms with Gasteiger partial charge in [-0.15, -0.1) is 0 Å². The zero-order valence-electron chi connectivity index (χ0n) is 13.9. The molecule has 3 fully saturated rings. The first-order valence-electron chi connectivity index (χ1n) is 9.21. The van der Waals surface area contributed by atoms with Crippen molar-refractivity contribution in [2.24, 2.45) is 40.9 Å². The monoisotopic (exact) mass is 286 g/mol. The molecular formula is C20H30O. The Morgan fingerprint density at radius 1 is 1.24 bits per heavy atom. The molecule has 0 spiro atoms. The molecular weight excluding hydrogens is 256 g/mol. The summed E-state index contributed by atoms with van der Waals surface area (Å²) < 4.78 is 0. The van der Waals surface area contributed by atoms with Gasteiger partial charge >= 0.3 is 0 Å². The fraction of sp³-hybridized carbons (Fsp3) is 0.850. The molecule has 2 unspecified atom stereocenters. The van der Waals surface area contributed by atoms with E-state index in [-0.39, 0.29) is 0 Å². The number of allylic oxidation sites excluding steroid dienone is 1. The highest BCUT2D eigenvalue weighted by molar-refractivity contribution is 5.91. The Labute approximate surface area is 129 Å². The first-order chi connectivity index (χ1) is 9.98. The van der Waals surface area contributed by atoms with Crippen molar-refractivity contribution in [2.45, 2.75) is 65.7 Å². The molecule has 0 bridgehead atoms. The number of hydrogen-bond donors (Lipinski definition) is 0. The molecule has 4 aliphatic rings. The lowest BCUT2D eigenvalue weighted by Gasteiger charge is -2.55. The Morgan fingerprint density at radius 3 is 2.86 bits per heavy atom. The molecule has 7 atom stereocenters. The number of ketones is 1. The summed E-state index contributed by atoms with van der Waals surface area (Å²) in [6, 6.07) is 0. The molecule has 0 aromatic rings. The predicted octanol–water partition coefficient (Wildman–Crippen LogP) is 5.01. The van der Waals surface area contributed by atoms with Crippen molar-refractivity contribution >= 4 is 5.78 Å². The lowest BCUT2D eigenvalue weighted by atomic mass is 9.50.